The molecule has 0 bridgehead atoms. The van der Waals surface area contributed by atoms with Gasteiger partial charge in [0, 0.05) is 35.8 Å². The Balaban J connectivity index is 1.83. The molecule has 1 fully saturated rings. The van der Waals surface area contributed by atoms with E-state index in [1.54, 1.807) is 12.3 Å². The number of piperidine rings is 1. The van der Waals surface area contributed by atoms with Gasteiger partial charge in [0.05, 0.1) is 0 Å². The van der Waals surface area contributed by atoms with E-state index >= 15 is 0 Å². The fraction of sp³-hybridized carbons (Fsp3) is 0.389. The molecule has 4 rings (SSSR count). The number of aryl methyl sites for hydroxylation is 1. The summed E-state index contributed by atoms with van der Waals surface area (Å²) in [5.41, 5.74) is 2.99. The van der Waals surface area contributed by atoms with Crippen LogP contribution in [0.25, 0.3) is 0 Å². The second kappa shape index (κ2) is 5.42. The summed E-state index contributed by atoms with van der Waals surface area (Å²) in [6.07, 6.45) is 2.67. The molecule has 23 heavy (non-hydrogen) atoms. The van der Waals surface area contributed by atoms with E-state index in [2.05, 4.69) is 10.3 Å². The molecule has 120 valence electrons. The average molecular weight is 312 g/mol. The molecule has 3 unspecified atom stereocenters. The highest BCUT2D eigenvalue weighted by atomic mass is 16.5. The second-order valence-electron chi connectivity index (χ2n) is 6.38. The number of rotatable bonds is 1. The molecular formula is C18H20N2O3. The van der Waals surface area contributed by atoms with Crippen molar-refractivity contribution in [3.63, 3.8) is 0 Å². The first-order valence-corrected chi connectivity index (χ1v) is 8.00. The summed E-state index contributed by atoms with van der Waals surface area (Å²) < 4.78 is 6.19. The van der Waals surface area contributed by atoms with Crippen molar-refractivity contribution < 1.29 is 14.9 Å². The van der Waals surface area contributed by atoms with Crippen molar-refractivity contribution in [1.82, 2.24) is 10.3 Å². The van der Waals surface area contributed by atoms with Gasteiger partial charge in [-0.05, 0) is 43.7 Å². The number of nitrogens with one attached hydrogen (secondary N) is 1. The summed E-state index contributed by atoms with van der Waals surface area (Å²) in [6, 6.07) is 7.42. The standard InChI is InChI=1S/C18H20N2O3/c1-10-8-11(4-7-20-10)17-13-5-6-19-9-14(13)12-2-3-15(21)16(22)18(12)23-17/h2-4,7-8,13-14,17,19,21-22H,5-6,9H2,1H3. The zero-order chi connectivity index (χ0) is 16.0. The van der Waals surface area contributed by atoms with Gasteiger partial charge >= 0.3 is 0 Å². The van der Waals surface area contributed by atoms with E-state index in [-0.39, 0.29) is 23.5 Å². The Hall–Kier alpha value is -2.27. The summed E-state index contributed by atoms with van der Waals surface area (Å²) in [4.78, 5) is 4.26. The lowest BCUT2D eigenvalue weighted by Gasteiger charge is -2.43. The SMILES string of the molecule is Cc1cc(C2Oc3c(ccc(O)c3O)C3CNCCC32)ccn1. The number of ether oxygens (including phenoxy) is 1. The van der Waals surface area contributed by atoms with Gasteiger partial charge in [-0.2, -0.15) is 0 Å². The number of aromatic nitrogens is 1. The van der Waals surface area contributed by atoms with Crippen LogP contribution in [0, 0.1) is 12.8 Å². The molecule has 0 spiro atoms. The van der Waals surface area contributed by atoms with Gasteiger partial charge < -0.3 is 20.3 Å². The number of aromatic hydroxyl groups is 2. The van der Waals surface area contributed by atoms with Crippen molar-refractivity contribution in [2.45, 2.75) is 25.4 Å². The molecule has 3 N–H and O–H groups in total. The van der Waals surface area contributed by atoms with Crippen molar-refractivity contribution in [3.8, 4) is 17.2 Å². The smallest absolute Gasteiger partial charge is 0.200 e. The fourth-order valence-electron chi connectivity index (χ4n) is 3.85. The molecule has 2 aromatic rings. The third kappa shape index (κ3) is 2.32. The van der Waals surface area contributed by atoms with Gasteiger partial charge in [0.2, 0.25) is 5.75 Å². The van der Waals surface area contributed by atoms with Crippen molar-refractivity contribution in [3.05, 3.63) is 47.3 Å². The highest BCUT2D eigenvalue weighted by molar-refractivity contribution is 5.57. The van der Waals surface area contributed by atoms with Crippen LogP contribution in [0.5, 0.6) is 17.2 Å². The molecule has 1 saturated heterocycles. The van der Waals surface area contributed by atoms with Crippen molar-refractivity contribution in [2.24, 2.45) is 5.92 Å². The molecular weight excluding hydrogens is 292 g/mol. The van der Waals surface area contributed by atoms with E-state index in [1.807, 2.05) is 25.1 Å². The molecule has 3 atom stereocenters. The summed E-state index contributed by atoms with van der Waals surface area (Å²) in [7, 11) is 0. The monoisotopic (exact) mass is 312 g/mol. The average Bonchev–Trinajstić information content (AvgIpc) is 2.57. The third-order valence-electron chi connectivity index (χ3n) is 4.96. The second-order valence-corrected chi connectivity index (χ2v) is 6.38. The Bertz CT molecular complexity index is 747. The van der Waals surface area contributed by atoms with Crippen LogP contribution in [0.4, 0.5) is 0 Å². The van der Waals surface area contributed by atoms with Gasteiger partial charge in [-0.1, -0.05) is 6.07 Å². The predicted molar refractivity (Wildman–Crippen MR) is 85.8 cm³/mol. The molecule has 3 heterocycles. The molecule has 0 aliphatic carbocycles. The zero-order valence-corrected chi connectivity index (χ0v) is 13.0. The van der Waals surface area contributed by atoms with Crippen LogP contribution >= 0.6 is 0 Å². The van der Waals surface area contributed by atoms with E-state index in [1.165, 1.54) is 0 Å². The van der Waals surface area contributed by atoms with Gasteiger partial charge in [-0.25, -0.2) is 0 Å². The Morgan fingerprint density at radius 1 is 1.26 bits per heavy atom. The highest BCUT2D eigenvalue weighted by Gasteiger charge is 2.41. The normalized spacial score (nSPS) is 26.0. The van der Waals surface area contributed by atoms with Gasteiger partial charge in [-0.3, -0.25) is 4.98 Å². The number of phenolic OH excluding ortho intramolecular Hbond substituents is 2. The first kappa shape index (κ1) is 14.3. The molecule has 5 nitrogen and oxygen atoms in total. The quantitative estimate of drug-likeness (QED) is 0.706. The number of pyridine rings is 1. The van der Waals surface area contributed by atoms with E-state index in [0.29, 0.717) is 11.7 Å². The predicted octanol–water partition coefficient (Wildman–Crippen LogP) is 2.63. The Kier molecular flexibility index (Phi) is 3.38. The van der Waals surface area contributed by atoms with Crippen LogP contribution in [-0.4, -0.2) is 28.3 Å². The molecule has 0 saturated carbocycles. The minimum Gasteiger partial charge on any atom is -0.504 e. The highest BCUT2D eigenvalue weighted by Crippen LogP contribution is 2.53. The summed E-state index contributed by atoms with van der Waals surface area (Å²) in [5, 5.41) is 23.5. The summed E-state index contributed by atoms with van der Waals surface area (Å²) in [6.45, 7) is 3.78. The number of hydrogen-bond acceptors (Lipinski definition) is 5. The van der Waals surface area contributed by atoms with Crippen LogP contribution in [0.15, 0.2) is 30.5 Å². The van der Waals surface area contributed by atoms with E-state index in [0.717, 1.165) is 36.3 Å². The van der Waals surface area contributed by atoms with E-state index < -0.39 is 0 Å². The Labute approximate surface area is 135 Å². The number of fused-ring (bicyclic) bond motifs is 3. The van der Waals surface area contributed by atoms with E-state index in [9.17, 15) is 10.2 Å². The summed E-state index contributed by atoms with van der Waals surface area (Å²) >= 11 is 0. The zero-order valence-electron chi connectivity index (χ0n) is 13.0. The number of benzene rings is 1. The minimum atomic E-state index is -0.165. The van der Waals surface area contributed by atoms with Gasteiger partial charge in [0.1, 0.15) is 6.10 Å². The van der Waals surface area contributed by atoms with Crippen LogP contribution < -0.4 is 10.1 Å². The topological polar surface area (TPSA) is 74.6 Å². The minimum absolute atomic E-state index is 0.135. The first-order valence-electron chi connectivity index (χ1n) is 8.00. The lowest BCUT2D eigenvalue weighted by Crippen LogP contribution is -2.41. The largest absolute Gasteiger partial charge is 0.504 e. The van der Waals surface area contributed by atoms with Crippen LogP contribution in [0.2, 0.25) is 0 Å². The lowest BCUT2D eigenvalue weighted by molar-refractivity contribution is 0.0697. The van der Waals surface area contributed by atoms with Gasteiger partial charge in [0.15, 0.2) is 11.5 Å². The molecule has 0 amide bonds. The van der Waals surface area contributed by atoms with E-state index in [4.69, 9.17) is 4.74 Å². The van der Waals surface area contributed by atoms with Crippen molar-refractivity contribution in [2.75, 3.05) is 13.1 Å². The molecule has 1 aromatic heterocycles. The van der Waals surface area contributed by atoms with Crippen molar-refractivity contribution >= 4 is 0 Å². The maximum absolute atomic E-state index is 10.2. The van der Waals surface area contributed by atoms with Crippen LogP contribution in [0.1, 0.15) is 35.3 Å². The molecule has 2 aliphatic rings. The lowest BCUT2D eigenvalue weighted by atomic mass is 9.74. The fourth-order valence-corrected chi connectivity index (χ4v) is 3.85. The number of phenols is 2. The van der Waals surface area contributed by atoms with Crippen molar-refractivity contribution in [1.29, 1.82) is 0 Å². The first-order chi connectivity index (χ1) is 11.1. The van der Waals surface area contributed by atoms with Crippen LogP contribution in [-0.2, 0) is 0 Å². The Morgan fingerprint density at radius 3 is 2.96 bits per heavy atom. The van der Waals surface area contributed by atoms with Gasteiger partial charge in [0.25, 0.3) is 0 Å². The molecule has 0 radical (unpaired) electrons. The maximum atomic E-state index is 10.2. The van der Waals surface area contributed by atoms with Gasteiger partial charge in [-0.15, -0.1) is 0 Å². The maximum Gasteiger partial charge on any atom is 0.200 e. The molecule has 5 heteroatoms. The number of hydrogen-bond donors (Lipinski definition) is 3. The Morgan fingerprint density at radius 2 is 2.13 bits per heavy atom. The third-order valence-corrected chi connectivity index (χ3v) is 4.96. The molecule has 1 aromatic carbocycles. The summed E-state index contributed by atoms with van der Waals surface area (Å²) in [5.74, 6) is 0.708. The van der Waals surface area contributed by atoms with Crippen LogP contribution in [0.3, 0.4) is 0 Å². The number of nitrogens with zero attached hydrogens (tertiary/aromatic N) is 1. The molecule has 2 aliphatic heterocycles.